The topological polar surface area (TPSA) is 102 Å². The number of amides is 1. The van der Waals surface area contributed by atoms with E-state index in [2.05, 4.69) is 10.6 Å². The molecule has 1 amide bonds. The van der Waals surface area contributed by atoms with Crippen molar-refractivity contribution in [2.24, 2.45) is 0 Å². The van der Waals surface area contributed by atoms with Gasteiger partial charge in [0, 0.05) is 18.4 Å². The minimum atomic E-state index is -1.05. The third-order valence-electron chi connectivity index (χ3n) is 3.43. The van der Waals surface area contributed by atoms with Gasteiger partial charge in [-0.25, -0.2) is 4.79 Å². The summed E-state index contributed by atoms with van der Waals surface area (Å²) < 4.78 is 0. The number of carboxylic acids is 1. The first-order chi connectivity index (χ1) is 12.0. The molecular formula is C19H17N3O3. The molecule has 2 rings (SSSR count). The van der Waals surface area contributed by atoms with Gasteiger partial charge in [0.1, 0.15) is 11.6 Å². The monoisotopic (exact) mass is 335 g/mol. The molecule has 0 aromatic heterocycles. The largest absolute Gasteiger partial charge is 0.478 e. The highest BCUT2D eigenvalue weighted by Gasteiger charge is 2.10. The van der Waals surface area contributed by atoms with Crippen LogP contribution < -0.4 is 10.6 Å². The van der Waals surface area contributed by atoms with Crippen molar-refractivity contribution in [3.05, 3.63) is 77.0 Å². The third-order valence-corrected chi connectivity index (χ3v) is 3.43. The smallest absolute Gasteiger partial charge is 0.335 e. The van der Waals surface area contributed by atoms with Crippen molar-refractivity contribution in [3.63, 3.8) is 0 Å². The van der Waals surface area contributed by atoms with Gasteiger partial charge in [-0.05, 0) is 36.8 Å². The number of rotatable bonds is 6. The normalized spacial score (nSPS) is 10.6. The van der Waals surface area contributed by atoms with E-state index in [-0.39, 0.29) is 11.1 Å². The van der Waals surface area contributed by atoms with Gasteiger partial charge >= 0.3 is 5.97 Å². The molecule has 0 saturated carbocycles. The van der Waals surface area contributed by atoms with Crippen LogP contribution in [0.25, 0.3) is 0 Å². The lowest BCUT2D eigenvalue weighted by molar-refractivity contribution is -0.112. The van der Waals surface area contributed by atoms with Crippen molar-refractivity contribution in [1.82, 2.24) is 5.32 Å². The van der Waals surface area contributed by atoms with E-state index in [4.69, 9.17) is 10.4 Å². The van der Waals surface area contributed by atoms with E-state index in [1.54, 1.807) is 0 Å². The molecule has 0 aliphatic carbocycles. The molecule has 0 atom stereocenters. The SMILES string of the molecule is Cc1ccc(CN/C=C(/C#N)C(=O)Nc2ccc(C(=O)O)cc2)cc1. The number of anilines is 1. The lowest BCUT2D eigenvalue weighted by atomic mass is 10.1. The highest BCUT2D eigenvalue weighted by molar-refractivity contribution is 6.06. The average molecular weight is 335 g/mol. The maximum atomic E-state index is 12.1. The Balaban J connectivity index is 1.96. The number of carboxylic acid groups (broad SMARTS) is 1. The lowest BCUT2D eigenvalue weighted by Crippen LogP contribution is -2.16. The molecule has 3 N–H and O–H groups in total. The summed E-state index contributed by atoms with van der Waals surface area (Å²) in [7, 11) is 0. The fourth-order valence-electron chi connectivity index (χ4n) is 2.02. The Kier molecular flexibility index (Phi) is 5.91. The first-order valence-electron chi connectivity index (χ1n) is 7.53. The minimum absolute atomic E-state index is 0.0746. The molecule has 0 saturated heterocycles. The number of aryl methyl sites for hydroxylation is 1. The number of hydrogen-bond acceptors (Lipinski definition) is 4. The number of hydrogen-bond donors (Lipinski definition) is 3. The fourth-order valence-corrected chi connectivity index (χ4v) is 2.02. The van der Waals surface area contributed by atoms with Crippen molar-refractivity contribution in [2.75, 3.05) is 5.32 Å². The van der Waals surface area contributed by atoms with Gasteiger partial charge in [-0.15, -0.1) is 0 Å². The van der Waals surface area contributed by atoms with E-state index in [0.29, 0.717) is 12.2 Å². The van der Waals surface area contributed by atoms with Gasteiger partial charge in [0.2, 0.25) is 0 Å². The molecule has 0 fully saturated rings. The Morgan fingerprint density at radius 1 is 1.12 bits per heavy atom. The molecule has 0 aliphatic heterocycles. The maximum absolute atomic E-state index is 12.1. The highest BCUT2D eigenvalue weighted by Crippen LogP contribution is 2.11. The van der Waals surface area contributed by atoms with Crippen LogP contribution in [-0.2, 0) is 11.3 Å². The Labute approximate surface area is 145 Å². The Bertz CT molecular complexity index is 832. The Hall–Kier alpha value is -3.59. The molecule has 126 valence electrons. The van der Waals surface area contributed by atoms with E-state index >= 15 is 0 Å². The zero-order valence-electron chi connectivity index (χ0n) is 13.6. The molecule has 6 heteroatoms. The van der Waals surface area contributed by atoms with Crippen LogP contribution >= 0.6 is 0 Å². The van der Waals surface area contributed by atoms with E-state index in [1.165, 1.54) is 30.5 Å². The van der Waals surface area contributed by atoms with E-state index < -0.39 is 11.9 Å². The molecule has 0 unspecified atom stereocenters. The van der Waals surface area contributed by atoms with Crippen molar-refractivity contribution in [3.8, 4) is 6.07 Å². The number of carbonyl (C=O) groups is 2. The molecule has 6 nitrogen and oxygen atoms in total. The number of nitriles is 1. The zero-order chi connectivity index (χ0) is 18.2. The molecule has 0 aliphatic rings. The predicted molar refractivity (Wildman–Crippen MR) is 93.7 cm³/mol. The number of benzene rings is 2. The van der Waals surface area contributed by atoms with Crippen LogP contribution in [0.4, 0.5) is 5.69 Å². The van der Waals surface area contributed by atoms with Crippen LogP contribution in [-0.4, -0.2) is 17.0 Å². The van der Waals surface area contributed by atoms with Gasteiger partial charge < -0.3 is 15.7 Å². The standard InChI is InChI=1S/C19H17N3O3/c1-13-2-4-14(5-3-13)11-21-12-16(10-20)18(23)22-17-8-6-15(7-9-17)19(24)25/h2-9,12,21H,11H2,1H3,(H,22,23)(H,24,25)/b16-12-. The van der Waals surface area contributed by atoms with Crippen LogP contribution in [0.5, 0.6) is 0 Å². The number of aromatic carboxylic acids is 1. The summed E-state index contributed by atoms with van der Waals surface area (Å²) in [5.74, 6) is -1.61. The summed E-state index contributed by atoms with van der Waals surface area (Å²) in [6.45, 7) is 2.49. The summed E-state index contributed by atoms with van der Waals surface area (Å²) in [6.07, 6.45) is 1.36. The van der Waals surface area contributed by atoms with Gasteiger partial charge in [0.15, 0.2) is 0 Å². The molecule has 0 radical (unpaired) electrons. The van der Waals surface area contributed by atoms with Crippen LogP contribution in [0.15, 0.2) is 60.3 Å². The lowest BCUT2D eigenvalue weighted by Gasteiger charge is -2.06. The fraction of sp³-hybridized carbons (Fsp3) is 0.105. The zero-order valence-corrected chi connectivity index (χ0v) is 13.6. The van der Waals surface area contributed by atoms with E-state index in [0.717, 1.165) is 11.1 Å². The van der Waals surface area contributed by atoms with Crippen LogP contribution in [0, 0.1) is 18.3 Å². The van der Waals surface area contributed by atoms with E-state index in [1.807, 2.05) is 37.3 Å². The van der Waals surface area contributed by atoms with Crippen LogP contribution in [0.2, 0.25) is 0 Å². The van der Waals surface area contributed by atoms with Crippen molar-refractivity contribution in [1.29, 1.82) is 5.26 Å². The van der Waals surface area contributed by atoms with Gasteiger partial charge in [0.25, 0.3) is 5.91 Å². The molecule has 0 spiro atoms. The molecule has 2 aromatic rings. The molecule has 2 aromatic carbocycles. The first kappa shape index (κ1) is 17.8. The minimum Gasteiger partial charge on any atom is -0.478 e. The quantitative estimate of drug-likeness (QED) is 0.556. The predicted octanol–water partition coefficient (Wildman–Crippen LogP) is 2.83. The number of nitrogens with one attached hydrogen (secondary N) is 2. The second-order valence-electron chi connectivity index (χ2n) is 5.37. The molecular weight excluding hydrogens is 318 g/mol. The summed E-state index contributed by atoms with van der Waals surface area (Å²) in [6, 6.07) is 15.4. The van der Waals surface area contributed by atoms with E-state index in [9.17, 15) is 9.59 Å². The number of carbonyl (C=O) groups excluding carboxylic acids is 1. The van der Waals surface area contributed by atoms with Crippen LogP contribution in [0.3, 0.4) is 0 Å². The first-order valence-corrected chi connectivity index (χ1v) is 7.53. The van der Waals surface area contributed by atoms with Crippen molar-refractivity contribution in [2.45, 2.75) is 13.5 Å². The summed E-state index contributed by atoms with van der Waals surface area (Å²) >= 11 is 0. The van der Waals surface area contributed by atoms with Gasteiger partial charge in [0.05, 0.1) is 5.56 Å². The maximum Gasteiger partial charge on any atom is 0.335 e. The summed E-state index contributed by atoms with van der Waals surface area (Å²) in [5.41, 5.74) is 2.65. The molecule has 25 heavy (non-hydrogen) atoms. The Morgan fingerprint density at radius 3 is 2.32 bits per heavy atom. The highest BCUT2D eigenvalue weighted by atomic mass is 16.4. The van der Waals surface area contributed by atoms with Gasteiger partial charge in [-0.1, -0.05) is 29.8 Å². The van der Waals surface area contributed by atoms with Crippen molar-refractivity contribution >= 4 is 17.6 Å². The molecule has 0 bridgehead atoms. The Morgan fingerprint density at radius 2 is 1.76 bits per heavy atom. The van der Waals surface area contributed by atoms with Crippen molar-refractivity contribution < 1.29 is 14.7 Å². The summed E-state index contributed by atoms with van der Waals surface area (Å²) in [5, 5.41) is 23.5. The number of nitrogens with zero attached hydrogens (tertiary/aromatic N) is 1. The van der Waals surface area contributed by atoms with Gasteiger partial charge in [-0.3, -0.25) is 4.79 Å². The van der Waals surface area contributed by atoms with Gasteiger partial charge in [-0.2, -0.15) is 5.26 Å². The molecule has 0 heterocycles. The second-order valence-corrected chi connectivity index (χ2v) is 5.37. The van der Waals surface area contributed by atoms with Crippen LogP contribution in [0.1, 0.15) is 21.5 Å². The summed E-state index contributed by atoms with van der Waals surface area (Å²) in [4.78, 5) is 22.9. The second kappa shape index (κ2) is 8.31. The third kappa shape index (κ3) is 5.22. The average Bonchev–Trinajstić information content (AvgIpc) is 2.60.